The quantitative estimate of drug-likeness (QED) is 0.823. The molecule has 3 N–H and O–H groups in total. The summed E-state index contributed by atoms with van der Waals surface area (Å²) in [7, 11) is 0. The summed E-state index contributed by atoms with van der Waals surface area (Å²) in [6.45, 7) is 2.96. The minimum atomic E-state index is 0.456. The van der Waals surface area contributed by atoms with Crippen molar-refractivity contribution >= 4 is 34.2 Å². The van der Waals surface area contributed by atoms with Crippen LogP contribution in [0.3, 0.4) is 0 Å². The smallest absolute Gasteiger partial charge is 0.104 e. The Bertz CT molecular complexity index is 533. The summed E-state index contributed by atoms with van der Waals surface area (Å²) >= 11 is 6.79. The highest BCUT2D eigenvalue weighted by Gasteiger charge is 2.02. The molecule has 1 heterocycles. The van der Waals surface area contributed by atoms with Crippen molar-refractivity contribution < 1.29 is 0 Å². The lowest BCUT2D eigenvalue weighted by Gasteiger charge is -2.09. The fraction of sp³-hybridized carbons (Fsp3) is 0.214. The summed E-state index contributed by atoms with van der Waals surface area (Å²) in [5.41, 5.74) is 8.82. The molecule has 18 heavy (non-hydrogen) atoms. The Labute approximate surface area is 117 Å². The van der Waals surface area contributed by atoms with Crippen molar-refractivity contribution in [2.45, 2.75) is 13.3 Å². The number of thiophene rings is 1. The molecule has 0 atom stereocenters. The molecule has 0 saturated carbocycles. The molecule has 0 aliphatic rings. The van der Waals surface area contributed by atoms with Gasteiger partial charge in [-0.1, -0.05) is 18.3 Å². The van der Waals surface area contributed by atoms with Crippen LogP contribution in [-0.4, -0.2) is 11.5 Å². The normalized spacial score (nSPS) is 10.3. The van der Waals surface area contributed by atoms with Gasteiger partial charge in [-0.15, -0.1) is 11.3 Å². The first kappa shape index (κ1) is 13.1. The van der Waals surface area contributed by atoms with Crippen molar-refractivity contribution in [1.82, 2.24) is 0 Å². The van der Waals surface area contributed by atoms with Gasteiger partial charge in [-0.2, -0.15) is 0 Å². The monoisotopic (exact) mass is 276 g/mol. The largest absolute Gasteiger partial charge is 0.389 e. The molecule has 0 fully saturated rings. The van der Waals surface area contributed by atoms with Gasteiger partial charge in [-0.25, -0.2) is 0 Å². The molecular formula is C14H16N2S2. The van der Waals surface area contributed by atoms with Crippen LogP contribution in [0.2, 0.25) is 0 Å². The number of rotatable bonds is 5. The van der Waals surface area contributed by atoms with Crippen molar-refractivity contribution in [2.24, 2.45) is 5.73 Å². The minimum Gasteiger partial charge on any atom is -0.389 e. The third kappa shape index (κ3) is 3.31. The van der Waals surface area contributed by atoms with E-state index in [0.717, 1.165) is 29.8 Å². The van der Waals surface area contributed by atoms with E-state index in [0.29, 0.717) is 4.99 Å². The lowest BCUT2D eigenvalue weighted by atomic mass is 10.1. The van der Waals surface area contributed by atoms with Gasteiger partial charge in [0.2, 0.25) is 0 Å². The molecule has 4 heteroatoms. The average molecular weight is 276 g/mol. The van der Waals surface area contributed by atoms with Crippen LogP contribution in [0.15, 0.2) is 35.7 Å². The molecule has 1 aromatic carbocycles. The fourth-order valence-corrected chi connectivity index (χ4v) is 2.77. The Hall–Kier alpha value is -1.39. The Kier molecular flexibility index (Phi) is 4.33. The molecule has 0 saturated heterocycles. The number of nitrogens with one attached hydrogen (secondary N) is 1. The maximum absolute atomic E-state index is 5.64. The van der Waals surface area contributed by atoms with E-state index in [2.05, 4.69) is 28.9 Å². The van der Waals surface area contributed by atoms with Gasteiger partial charge in [0.15, 0.2) is 0 Å². The van der Waals surface area contributed by atoms with Crippen LogP contribution in [0, 0.1) is 6.92 Å². The van der Waals surface area contributed by atoms with Crippen LogP contribution >= 0.6 is 23.6 Å². The molecule has 2 aromatic rings. The van der Waals surface area contributed by atoms with Gasteiger partial charge in [0.05, 0.1) is 0 Å². The molecule has 0 spiro atoms. The molecular weight excluding hydrogens is 260 g/mol. The SMILES string of the molecule is Cc1cc(NCCc2cccs2)ccc1C(N)=S. The van der Waals surface area contributed by atoms with Crippen molar-refractivity contribution in [3.8, 4) is 0 Å². The Morgan fingerprint density at radius 1 is 1.39 bits per heavy atom. The van der Waals surface area contributed by atoms with Crippen LogP contribution < -0.4 is 11.1 Å². The van der Waals surface area contributed by atoms with E-state index >= 15 is 0 Å². The molecule has 0 bridgehead atoms. The lowest BCUT2D eigenvalue weighted by molar-refractivity contribution is 1.04. The number of nitrogens with two attached hydrogens (primary N) is 1. The Morgan fingerprint density at radius 2 is 2.22 bits per heavy atom. The molecule has 1 aromatic heterocycles. The summed E-state index contributed by atoms with van der Waals surface area (Å²) in [5.74, 6) is 0. The predicted molar refractivity (Wildman–Crippen MR) is 83.6 cm³/mol. The predicted octanol–water partition coefficient (Wildman–Crippen LogP) is 3.35. The topological polar surface area (TPSA) is 38.0 Å². The van der Waals surface area contributed by atoms with Gasteiger partial charge in [0.25, 0.3) is 0 Å². The first-order chi connectivity index (χ1) is 8.66. The molecule has 0 radical (unpaired) electrons. The molecule has 0 aliphatic heterocycles. The highest BCUT2D eigenvalue weighted by Crippen LogP contribution is 2.16. The fourth-order valence-electron chi connectivity index (χ4n) is 1.83. The lowest BCUT2D eigenvalue weighted by Crippen LogP contribution is -2.11. The molecule has 2 nitrogen and oxygen atoms in total. The number of aryl methyl sites for hydroxylation is 1. The van der Waals surface area contributed by atoms with Gasteiger partial charge < -0.3 is 11.1 Å². The third-order valence-electron chi connectivity index (χ3n) is 2.77. The maximum atomic E-state index is 5.64. The molecule has 0 unspecified atom stereocenters. The van der Waals surface area contributed by atoms with E-state index in [4.69, 9.17) is 18.0 Å². The second kappa shape index (κ2) is 5.98. The number of benzene rings is 1. The number of hydrogen-bond acceptors (Lipinski definition) is 3. The van der Waals surface area contributed by atoms with Gasteiger partial charge >= 0.3 is 0 Å². The first-order valence-corrected chi connectivity index (χ1v) is 7.12. The third-order valence-corrected chi connectivity index (χ3v) is 3.93. The summed E-state index contributed by atoms with van der Waals surface area (Å²) in [6, 6.07) is 10.3. The van der Waals surface area contributed by atoms with Gasteiger partial charge in [-0.3, -0.25) is 0 Å². The van der Waals surface area contributed by atoms with E-state index < -0.39 is 0 Å². The summed E-state index contributed by atoms with van der Waals surface area (Å²) in [6.07, 6.45) is 1.05. The Morgan fingerprint density at radius 3 is 2.83 bits per heavy atom. The van der Waals surface area contributed by atoms with Gasteiger partial charge in [0.1, 0.15) is 4.99 Å². The van der Waals surface area contributed by atoms with Crippen LogP contribution in [0.4, 0.5) is 5.69 Å². The number of hydrogen-bond donors (Lipinski definition) is 2. The highest BCUT2D eigenvalue weighted by atomic mass is 32.1. The maximum Gasteiger partial charge on any atom is 0.104 e. The van der Waals surface area contributed by atoms with Crippen molar-refractivity contribution in [2.75, 3.05) is 11.9 Å². The van der Waals surface area contributed by atoms with E-state index in [1.54, 1.807) is 11.3 Å². The van der Waals surface area contributed by atoms with E-state index in [-0.39, 0.29) is 0 Å². The first-order valence-electron chi connectivity index (χ1n) is 5.83. The number of thiocarbonyl (C=S) groups is 1. The van der Waals surface area contributed by atoms with Crippen molar-refractivity contribution in [1.29, 1.82) is 0 Å². The van der Waals surface area contributed by atoms with Crippen LogP contribution in [-0.2, 0) is 6.42 Å². The Balaban J connectivity index is 1.94. The molecule has 0 amide bonds. The van der Waals surface area contributed by atoms with Crippen LogP contribution in [0.25, 0.3) is 0 Å². The average Bonchev–Trinajstić information content (AvgIpc) is 2.81. The molecule has 0 aliphatic carbocycles. The van der Waals surface area contributed by atoms with Crippen molar-refractivity contribution in [3.63, 3.8) is 0 Å². The van der Waals surface area contributed by atoms with E-state index in [1.807, 2.05) is 19.1 Å². The van der Waals surface area contributed by atoms with Crippen LogP contribution in [0.5, 0.6) is 0 Å². The number of anilines is 1. The molecule has 94 valence electrons. The zero-order chi connectivity index (χ0) is 13.0. The second-order valence-corrected chi connectivity index (χ2v) is 5.62. The highest BCUT2D eigenvalue weighted by molar-refractivity contribution is 7.80. The van der Waals surface area contributed by atoms with Gasteiger partial charge in [-0.05, 0) is 48.6 Å². The van der Waals surface area contributed by atoms with Gasteiger partial charge in [0, 0.05) is 22.7 Å². The summed E-state index contributed by atoms with van der Waals surface area (Å²) in [4.78, 5) is 1.86. The van der Waals surface area contributed by atoms with Crippen molar-refractivity contribution in [3.05, 3.63) is 51.7 Å². The minimum absolute atomic E-state index is 0.456. The standard InChI is InChI=1S/C14H16N2S2/c1-10-9-11(4-5-13(10)14(15)17)16-7-6-12-3-2-8-18-12/h2-5,8-9,16H,6-7H2,1H3,(H2,15,17). The van der Waals surface area contributed by atoms with Crippen LogP contribution in [0.1, 0.15) is 16.0 Å². The second-order valence-electron chi connectivity index (χ2n) is 4.15. The summed E-state index contributed by atoms with van der Waals surface area (Å²) < 4.78 is 0. The zero-order valence-electron chi connectivity index (χ0n) is 10.3. The van der Waals surface area contributed by atoms with E-state index in [9.17, 15) is 0 Å². The molecule has 2 rings (SSSR count). The zero-order valence-corrected chi connectivity index (χ0v) is 11.9. The summed E-state index contributed by atoms with van der Waals surface area (Å²) in [5, 5.41) is 5.52. The van der Waals surface area contributed by atoms with E-state index in [1.165, 1.54) is 4.88 Å².